The van der Waals surface area contributed by atoms with Crippen LogP contribution >= 0.6 is 0 Å². The summed E-state index contributed by atoms with van der Waals surface area (Å²) < 4.78 is 22.2. The largest absolute Gasteiger partial charge is 0.494 e. The van der Waals surface area contributed by atoms with Crippen LogP contribution in [0.4, 0.5) is 11.4 Å². The van der Waals surface area contributed by atoms with Crippen molar-refractivity contribution in [2.45, 2.75) is 26.1 Å². The molecular weight excluding hydrogens is 460 g/mol. The Kier molecular flexibility index (Phi) is 11.0. The van der Waals surface area contributed by atoms with Crippen molar-refractivity contribution in [1.29, 1.82) is 0 Å². The number of aliphatic hydroxyl groups is 2. The number of nitrogens with one attached hydrogen (secondary N) is 2. The van der Waals surface area contributed by atoms with Gasteiger partial charge in [0.25, 0.3) is 0 Å². The van der Waals surface area contributed by atoms with Crippen LogP contribution in [0.5, 0.6) is 23.0 Å². The van der Waals surface area contributed by atoms with Gasteiger partial charge in [-0.05, 0) is 86.6 Å². The summed E-state index contributed by atoms with van der Waals surface area (Å²) in [5.74, 6) is 2.88. The fraction of sp³-hybridized carbons (Fsp3) is 0.357. The molecule has 4 N–H and O–H groups in total. The van der Waals surface area contributed by atoms with Gasteiger partial charge in [0.15, 0.2) is 0 Å². The average molecular weight is 497 g/mol. The second-order valence-corrected chi connectivity index (χ2v) is 8.08. The summed E-state index contributed by atoms with van der Waals surface area (Å²) >= 11 is 0. The number of rotatable bonds is 16. The van der Waals surface area contributed by atoms with Gasteiger partial charge in [0, 0.05) is 24.5 Å². The first-order valence-corrected chi connectivity index (χ1v) is 12.2. The molecule has 0 saturated carbocycles. The zero-order valence-corrected chi connectivity index (χ0v) is 20.9. The molecule has 3 aromatic carbocycles. The molecule has 194 valence electrons. The molecule has 0 aliphatic rings. The second kappa shape index (κ2) is 14.7. The molecule has 0 aliphatic heterocycles. The monoisotopic (exact) mass is 496 g/mol. The van der Waals surface area contributed by atoms with Crippen LogP contribution in [0, 0.1) is 0 Å². The zero-order chi connectivity index (χ0) is 25.6. The molecule has 0 aromatic heterocycles. The molecule has 0 aliphatic carbocycles. The Labute approximate surface area is 212 Å². The Morgan fingerprint density at radius 2 is 0.833 bits per heavy atom. The summed E-state index contributed by atoms with van der Waals surface area (Å²) in [6.45, 7) is 6.16. The van der Waals surface area contributed by atoms with E-state index in [1.54, 1.807) is 24.3 Å². The average Bonchev–Trinajstić information content (AvgIpc) is 2.91. The van der Waals surface area contributed by atoms with Crippen molar-refractivity contribution in [3.8, 4) is 23.0 Å². The molecule has 0 bridgehead atoms. The summed E-state index contributed by atoms with van der Waals surface area (Å²) in [5, 5.41) is 26.8. The lowest BCUT2D eigenvalue weighted by molar-refractivity contribution is 0.115. The lowest BCUT2D eigenvalue weighted by atomic mass is 10.3. The summed E-state index contributed by atoms with van der Waals surface area (Å²) in [5.41, 5.74) is 1.80. The Balaban J connectivity index is 1.31. The predicted octanol–water partition coefficient (Wildman–Crippen LogP) is 4.19. The molecular formula is C28H36N2O6. The van der Waals surface area contributed by atoms with Crippen LogP contribution in [0.3, 0.4) is 0 Å². The van der Waals surface area contributed by atoms with Gasteiger partial charge in [0.2, 0.25) is 0 Å². The van der Waals surface area contributed by atoms with Gasteiger partial charge in [-0.15, -0.1) is 0 Å². The summed E-state index contributed by atoms with van der Waals surface area (Å²) in [7, 11) is 0. The Morgan fingerprint density at radius 1 is 0.528 bits per heavy atom. The molecule has 8 heteroatoms. The van der Waals surface area contributed by atoms with Gasteiger partial charge in [-0.2, -0.15) is 0 Å². The standard InChI is InChI=1S/C28H36N2O6/c1-3-33-25-9-5-21(6-10-25)29-17-23(31)19-35-27-13-15-28(16-14-27)36-20-24(32)18-30-22-7-11-26(12-8-22)34-4-2/h5-16,23-24,29-32H,3-4,17-20H2,1-2H3. The van der Waals surface area contributed by atoms with Crippen LogP contribution in [0.15, 0.2) is 72.8 Å². The van der Waals surface area contributed by atoms with Gasteiger partial charge in [-0.1, -0.05) is 0 Å². The molecule has 3 aromatic rings. The molecule has 3 rings (SSSR count). The highest BCUT2D eigenvalue weighted by Gasteiger charge is 2.08. The number of hydrogen-bond donors (Lipinski definition) is 4. The fourth-order valence-corrected chi connectivity index (χ4v) is 3.28. The van der Waals surface area contributed by atoms with E-state index in [0.717, 1.165) is 22.9 Å². The van der Waals surface area contributed by atoms with E-state index in [2.05, 4.69) is 10.6 Å². The van der Waals surface area contributed by atoms with E-state index in [-0.39, 0.29) is 13.2 Å². The van der Waals surface area contributed by atoms with Crippen LogP contribution in [0.2, 0.25) is 0 Å². The first-order chi connectivity index (χ1) is 17.6. The van der Waals surface area contributed by atoms with E-state index in [0.29, 0.717) is 37.8 Å². The molecule has 2 atom stereocenters. The van der Waals surface area contributed by atoms with Crippen LogP contribution in [-0.2, 0) is 0 Å². The molecule has 0 spiro atoms. The van der Waals surface area contributed by atoms with Crippen LogP contribution in [0.1, 0.15) is 13.8 Å². The summed E-state index contributed by atoms with van der Waals surface area (Å²) in [6.07, 6.45) is -1.35. The lowest BCUT2D eigenvalue weighted by Crippen LogP contribution is -2.26. The third-order valence-corrected chi connectivity index (χ3v) is 5.12. The first kappa shape index (κ1) is 27.0. The highest BCUT2D eigenvalue weighted by molar-refractivity contribution is 5.47. The van der Waals surface area contributed by atoms with E-state index in [9.17, 15) is 10.2 Å². The molecule has 36 heavy (non-hydrogen) atoms. The molecule has 0 amide bonds. The second-order valence-electron chi connectivity index (χ2n) is 8.08. The van der Waals surface area contributed by atoms with E-state index < -0.39 is 12.2 Å². The van der Waals surface area contributed by atoms with Gasteiger partial charge in [0.1, 0.15) is 48.4 Å². The van der Waals surface area contributed by atoms with Gasteiger partial charge < -0.3 is 39.8 Å². The Morgan fingerprint density at radius 3 is 1.17 bits per heavy atom. The maximum atomic E-state index is 10.2. The van der Waals surface area contributed by atoms with Crippen molar-refractivity contribution in [1.82, 2.24) is 0 Å². The van der Waals surface area contributed by atoms with E-state index in [4.69, 9.17) is 18.9 Å². The lowest BCUT2D eigenvalue weighted by Gasteiger charge is -2.16. The quantitative estimate of drug-likeness (QED) is 0.234. The van der Waals surface area contributed by atoms with Crippen molar-refractivity contribution in [2.75, 3.05) is 50.2 Å². The molecule has 0 heterocycles. The molecule has 0 radical (unpaired) electrons. The topological polar surface area (TPSA) is 101 Å². The van der Waals surface area contributed by atoms with Crippen LogP contribution in [0.25, 0.3) is 0 Å². The normalized spacial score (nSPS) is 12.3. The maximum absolute atomic E-state index is 10.2. The van der Waals surface area contributed by atoms with E-state index in [1.165, 1.54) is 0 Å². The Hall–Kier alpha value is -3.62. The fourth-order valence-electron chi connectivity index (χ4n) is 3.28. The maximum Gasteiger partial charge on any atom is 0.119 e. The minimum Gasteiger partial charge on any atom is -0.494 e. The third kappa shape index (κ3) is 9.56. The molecule has 8 nitrogen and oxygen atoms in total. The first-order valence-electron chi connectivity index (χ1n) is 12.2. The number of ether oxygens (including phenoxy) is 4. The zero-order valence-electron chi connectivity index (χ0n) is 20.9. The third-order valence-electron chi connectivity index (χ3n) is 5.12. The SMILES string of the molecule is CCOc1ccc(NCC(O)COc2ccc(OCC(O)CNc3ccc(OCC)cc3)cc2)cc1. The Bertz CT molecular complexity index is 914. The summed E-state index contributed by atoms with van der Waals surface area (Å²) in [4.78, 5) is 0. The van der Waals surface area contributed by atoms with Crippen LogP contribution in [-0.4, -0.2) is 61.9 Å². The molecule has 0 fully saturated rings. The molecule has 0 saturated heterocycles. The number of anilines is 2. The minimum atomic E-state index is -0.675. The van der Waals surface area contributed by atoms with Gasteiger partial charge in [0.05, 0.1) is 13.2 Å². The smallest absolute Gasteiger partial charge is 0.119 e. The predicted molar refractivity (Wildman–Crippen MR) is 142 cm³/mol. The van der Waals surface area contributed by atoms with E-state index in [1.807, 2.05) is 62.4 Å². The minimum absolute atomic E-state index is 0.153. The van der Waals surface area contributed by atoms with Crippen molar-refractivity contribution in [3.05, 3.63) is 72.8 Å². The highest BCUT2D eigenvalue weighted by Crippen LogP contribution is 2.19. The highest BCUT2D eigenvalue weighted by atomic mass is 16.5. The summed E-state index contributed by atoms with van der Waals surface area (Å²) in [6, 6.07) is 22.2. The number of benzene rings is 3. The molecule has 2 unspecified atom stereocenters. The number of aliphatic hydroxyl groups excluding tert-OH is 2. The van der Waals surface area contributed by atoms with Crippen molar-refractivity contribution in [2.24, 2.45) is 0 Å². The number of hydrogen-bond acceptors (Lipinski definition) is 8. The van der Waals surface area contributed by atoms with Gasteiger partial charge in [-0.25, -0.2) is 0 Å². The van der Waals surface area contributed by atoms with Gasteiger partial charge >= 0.3 is 0 Å². The van der Waals surface area contributed by atoms with Crippen molar-refractivity contribution >= 4 is 11.4 Å². The van der Waals surface area contributed by atoms with Crippen molar-refractivity contribution < 1.29 is 29.2 Å². The van der Waals surface area contributed by atoms with Gasteiger partial charge in [-0.3, -0.25) is 0 Å². The van der Waals surface area contributed by atoms with Crippen molar-refractivity contribution in [3.63, 3.8) is 0 Å². The van der Waals surface area contributed by atoms with E-state index >= 15 is 0 Å². The van der Waals surface area contributed by atoms with Crippen LogP contribution < -0.4 is 29.6 Å².